The van der Waals surface area contributed by atoms with Gasteiger partial charge in [-0.05, 0) is 25.1 Å². The molecule has 118 valence electrons. The van der Waals surface area contributed by atoms with Crippen LogP contribution in [0.4, 0.5) is 0 Å². The Labute approximate surface area is 138 Å². The van der Waals surface area contributed by atoms with Crippen LogP contribution in [0.2, 0.25) is 0 Å². The monoisotopic (exact) mass is 317 g/mol. The maximum absolute atomic E-state index is 5.53. The smallest absolute Gasteiger partial charge is 0.221 e. The Morgan fingerprint density at radius 1 is 1.00 bits per heavy atom. The van der Waals surface area contributed by atoms with Crippen molar-refractivity contribution in [3.05, 3.63) is 60.4 Å². The van der Waals surface area contributed by atoms with E-state index in [1.807, 2.05) is 55.5 Å². The van der Waals surface area contributed by atoms with Crippen LogP contribution in [-0.4, -0.2) is 22.2 Å². The summed E-state index contributed by atoms with van der Waals surface area (Å²) in [6, 6.07) is 15.8. The first-order valence-corrected chi connectivity index (χ1v) is 7.60. The summed E-state index contributed by atoms with van der Waals surface area (Å²) in [4.78, 5) is 9.01. The number of hydrogen-bond donors (Lipinski definition) is 0. The summed E-state index contributed by atoms with van der Waals surface area (Å²) in [5, 5.41) is 4.07. The number of methoxy groups -OCH3 is 1. The molecule has 0 amide bonds. The molecule has 0 atom stereocenters. The van der Waals surface area contributed by atoms with Gasteiger partial charge in [-0.15, -0.1) is 0 Å². The van der Waals surface area contributed by atoms with Crippen molar-refractivity contribution in [2.45, 2.75) is 6.92 Å². The van der Waals surface area contributed by atoms with Gasteiger partial charge in [-0.25, -0.2) is 9.97 Å². The highest BCUT2D eigenvalue weighted by atomic mass is 16.5. The fourth-order valence-corrected chi connectivity index (χ4v) is 2.74. The number of benzene rings is 1. The van der Waals surface area contributed by atoms with Gasteiger partial charge in [0.05, 0.1) is 12.8 Å². The number of fused-ring (bicyclic) bond motifs is 1. The van der Waals surface area contributed by atoms with Gasteiger partial charge < -0.3 is 9.26 Å². The van der Waals surface area contributed by atoms with E-state index in [0.717, 1.165) is 33.6 Å². The molecule has 4 rings (SSSR count). The summed E-state index contributed by atoms with van der Waals surface area (Å²) in [5.74, 6) is 0.540. The van der Waals surface area contributed by atoms with Crippen LogP contribution in [0.5, 0.6) is 5.88 Å². The van der Waals surface area contributed by atoms with Crippen LogP contribution in [0.25, 0.3) is 33.5 Å². The van der Waals surface area contributed by atoms with Crippen LogP contribution in [0.3, 0.4) is 0 Å². The first-order valence-electron chi connectivity index (χ1n) is 7.60. The standard InChI is InChI=1S/C19H15N3O2/c1-12-17-18(24-22-12)15(14-9-6-10-20-19(14)23-2)11-16(21-17)13-7-4-3-5-8-13/h3-11H,1-2H3. The summed E-state index contributed by atoms with van der Waals surface area (Å²) in [7, 11) is 1.61. The molecule has 0 unspecified atom stereocenters. The van der Waals surface area contributed by atoms with Gasteiger partial charge in [-0.1, -0.05) is 35.5 Å². The van der Waals surface area contributed by atoms with Gasteiger partial charge in [0.1, 0.15) is 11.2 Å². The Kier molecular flexibility index (Phi) is 3.46. The number of nitrogens with zero attached hydrogens (tertiary/aromatic N) is 3. The molecule has 0 radical (unpaired) electrons. The summed E-state index contributed by atoms with van der Waals surface area (Å²) in [6.45, 7) is 1.89. The molecule has 3 aromatic heterocycles. The van der Waals surface area contributed by atoms with Gasteiger partial charge in [0.2, 0.25) is 5.88 Å². The predicted octanol–water partition coefficient (Wildman–Crippen LogP) is 4.27. The second kappa shape index (κ2) is 5.77. The van der Waals surface area contributed by atoms with E-state index in [4.69, 9.17) is 14.2 Å². The topological polar surface area (TPSA) is 61.0 Å². The molecule has 0 saturated carbocycles. The Hall–Kier alpha value is -3.21. The summed E-state index contributed by atoms with van der Waals surface area (Å²) in [5.41, 5.74) is 5.74. The number of rotatable bonds is 3. The van der Waals surface area contributed by atoms with E-state index in [0.29, 0.717) is 11.5 Å². The van der Waals surface area contributed by atoms with Crippen molar-refractivity contribution in [1.29, 1.82) is 0 Å². The van der Waals surface area contributed by atoms with Crippen LogP contribution in [-0.2, 0) is 0 Å². The molecular weight excluding hydrogens is 302 g/mol. The van der Waals surface area contributed by atoms with Crippen molar-refractivity contribution in [2.75, 3.05) is 7.11 Å². The minimum absolute atomic E-state index is 0.540. The van der Waals surface area contributed by atoms with Gasteiger partial charge in [0.25, 0.3) is 0 Å². The van der Waals surface area contributed by atoms with E-state index in [-0.39, 0.29) is 0 Å². The van der Waals surface area contributed by atoms with Crippen LogP contribution in [0.1, 0.15) is 5.69 Å². The molecule has 0 saturated heterocycles. The van der Waals surface area contributed by atoms with E-state index in [1.54, 1.807) is 13.3 Å². The SMILES string of the molecule is COc1ncccc1-c1cc(-c2ccccc2)nc2c(C)noc12. The summed E-state index contributed by atoms with van der Waals surface area (Å²) >= 11 is 0. The third-order valence-corrected chi connectivity index (χ3v) is 3.91. The van der Waals surface area contributed by atoms with Crippen molar-refractivity contribution < 1.29 is 9.26 Å². The molecule has 4 aromatic rings. The third-order valence-electron chi connectivity index (χ3n) is 3.91. The molecule has 0 aliphatic rings. The molecule has 3 heterocycles. The highest BCUT2D eigenvalue weighted by Crippen LogP contribution is 2.36. The maximum Gasteiger partial charge on any atom is 0.221 e. The Morgan fingerprint density at radius 3 is 2.62 bits per heavy atom. The quantitative estimate of drug-likeness (QED) is 0.565. The van der Waals surface area contributed by atoms with Crippen molar-refractivity contribution in [2.24, 2.45) is 0 Å². The Balaban J connectivity index is 2.04. The van der Waals surface area contributed by atoms with E-state index >= 15 is 0 Å². The van der Waals surface area contributed by atoms with Crippen molar-refractivity contribution in [3.63, 3.8) is 0 Å². The molecule has 0 N–H and O–H groups in total. The fraction of sp³-hybridized carbons (Fsp3) is 0.105. The zero-order chi connectivity index (χ0) is 16.5. The number of ether oxygens (including phenoxy) is 1. The van der Waals surface area contributed by atoms with Crippen LogP contribution >= 0.6 is 0 Å². The molecule has 0 fully saturated rings. The van der Waals surface area contributed by atoms with Gasteiger partial charge in [0.15, 0.2) is 5.58 Å². The normalized spacial score (nSPS) is 10.9. The lowest BCUT2D eigenvalue weighted by Crippen LogP contribution is -1.93. The van der Waals surface area contributed by atoms with Crippen molar-refractivity contribution >= 4 is 11.1 Å². The van der Waals surface area contributed by atoms with Crippen LogP contribution < -0.4 is 4.74 Å². The molecule has 1 aromatic carbocycles. The predicted molar refractivity (Wildman–Crippen MR) is 91.8 cm³/mol. The third kappa shape index (κ3) is 2.31. The average molecular weight is 317 g/mol. The number of aromatic nitrogens is 3. The molecule has 24 heavy (non-hydrogen) atoms. The number of aryl methyl sites for hydroxylation is 1. The highest BCUT2D eigenvalue weighted by molar-refractivity contribution is 5.94. The van der Waals surface area contributed by atoms with Crippen LogP contribution in [0.15, 0.2) is 59.3 Å². The lowest BCUT2D eigenvalue weighted by atomic mass is 10.0. The zero-order valence-electron chi connectivity index (χ0n) is 13.4. The van der Waals surface area contributed by atoms with E-state index in [1.165, 1.54) is 0 Å². The molecule has 0 bridgehead atoms. The lowest BCUT2D eigenvalue weighted by Gasteiger charge is -2.09. The first kappa shape index (κ1) is 14.4. The molecule has 5 heteroatoms. The van der Waals surface area contributed by atoms with E-state index < -0.39 is 0 Å². The Morgan fingerprint density at radius 2 is 1.83 bits per heavy atom. The first-order chi connectivity index (χ1) is 11.8. The fourth-order valence-electron chi connectivity index (χ4n) is 2.74. The largest absolute Gasteiger partial charge is 0.481 e. The highest BCUT2D eigenvalue weighted by Gasteiger charge is 2.18. The minimum atomic E-state index is 0.540. The molecule has 0 aliphatic heterocycles. The van der Waals surface area contributed by atoms with Gasteiger partial charge in [-0.3, -0.25) is 0 Å². The maximum atomic E-state index is 5.53. The summed E-state index contributed by atoms with van der Waals surface area (Å²) in [6.07, 6.45) is 1.70. The van der Waals surface area contributed by atoms with E-state index in [2.05, 4.69) is 10.1 Å². The zero-order valence-corrected chi connectivity index (χ0v) is 13.4. The van der Waals surface area contributed by atoms with E-state index in [9.17, 15) is 0 Å². The molecule has 5 nitrogen and oxygen atoms in total. The second-order valence-electron chi connectivity index (χ2n) is 5.43. The Bertz CT molecular complexity index is 1010. The lowest BCUT2D eigenvalue weighted by molar-refractivity contribution is 0.399. The average Bonchev–Trinajstić information content (AvgIpc) is 3.03. The second-order valence-corrected chi connectivity index (χ2v) is 5.43. The van der Waals surface area contributed by atoms with Crippen molar-refractivity contribution in [3.8, 4) is 28.3 Å². The molecule has 0 spiro atoms. The van der Waals surface area contributed by atoms with Gasteiger partial charge >= 0.3 is 0 Å². The number of pyridine rings is 2. The molecular formula is C19H15N3O2. The van der Waals surface area contributed by atoms with Crippen LogP contribution in [0, 0.1) is 6.92 Å². The van der Waals surface area contributed by atoms with Gasteiger partial charge in [-0.2, -0.15) is 0 Å². The minimum Gasteiger partial charge on any atom is -0.481 e. The van der Waals surface area contributed by atoms with Crippen molar-refractivity contribution in [1.82, 2.24) is 15.1 Å². The van der Waals surface area contributed by atoms with Gasteiger partial charge in [0, 0.05) is 22.9 Å². The molecule has 0 aliphatic carbocycles. The number of hydrogen-bond acceptors (Lipinski definition) is 5. The summed E-state index contributed by atoms with van der Waals surface area (Å²) < 4.78 is 10.9.